The molecule has 0 heteroatoms. The molecule has 0 nitrogen and oxygen atoms in total. The number of rotatable bonds is 3. The molecule has 8 aromatic rings. The van der Waals surface area contributed by atoms with E-state index in [1.165, 1.54) is 82.0 Å². The van der Waals surface area contributed by atoms with E-state index < -0.39 is 0 Å². The third-order valence-electron chi connectivity index (χ3n) is 8.47. The SMILES string of the molecule is Cc1cccc(-c2c3c(-c4cccc5ccccc45)cccc3cc3cccc(-c4cccc5ccccc45)c23)c1. The fourth-order valence-corrected chi connectivity index (χ4v) is 6.69. The molecule has 0 aliphatic rings. The van der Waals surface area contributed by atoms with Crippen LogP contribution in [0.2, 0.25) is 0 Å². The molecule has 0 aliphatic heterocycles. The molecule has 0 unspecified atom stereocenters. The second kappa shape index (κ2) is 9.47. The molecule has 0 saturated heterocycles. The standard InChI is InChI=1S/C41H28/c1-27-11-6-16-30(25-27)41-39-31(17-9-23-37(39)35-21-7-14-28-12-2-4-19-33(28)35)26-32-18-10-24-38(40(32)41)36-22-8-15-29-13-3-5-20-34(29)36/h2-26H,1H3. The molecule has 0 radical (unpaired) electrons. The number of hydrogen-bond donors (Lipinski definition) is 0. The van der Waals surface area contributed by atoms with E-state index in [1.807, 2.05) is 0 Å². The maximum atomic E-state index is 2.38. The Morgan fingerprint density at radius 3 is 1.32 bits per heavy atom. The van der Waals surface area contributed by atoms with Crippen LogP contribution in [0.25, 0.3) is 76.5 Å². The van der Waals surface area contributed by atoms with Crippen LogP contribution in [0.5, 0.6) is 0 Å². The number of benzene rings is 8. The van der Waals surface area contributed by atoms with Gasteiger partial charge in [0.1, 0.15) is 0 Å². The van der Waals surface area contributed by atoms with Crippen molar-refractivity contribution in [3.8, 4) is 33.4 Å². The third-order valence-corrected chi connectivity index (χ3v) is 8.47. The van der Waals surface area contributed by atoms with Crippen molar-refractivity contribution in [3.05, 3.63) is 157 Å². The van der Waals surface area contributed by atoms with Crippen molar-refractivity contribution in [1.82, 2.24) is 0 Å². The molecule has 0 saturated carbocycles. The molecule has 0 fully saturated rings. The monoisotopic (exact) mass is 520 g/mol. The molecule has 0 spiro atoms. The molecule has 0 aromatic heterocycles. The molecular formula is C41H28. The Morgan fingerprint density at radius 2 is 0.780 bits per heavy atom. The summed E-state index contributed by atoms with van der Waals surface area (Å²) in [6.07, 6.45) is 0. The van der Waals surface area contributed by atoms with Crippen LogP contribution in [0.3, 0.4) is 0 Å². The molecule has 0 atom stereocenters. The maximum Gasteiger partial charge on any atom is -0.00142 e. The third kappa shape index (κ3) is 3.84. The summed E-state index contributed by atoms with van der Waals surface area (Å²) in [5, 5.41) is 10.2. The normalized spacial score (nSPS) is 11.5. The van der Waals surface area contributed by atoms with Crippen LogP contribution in [0.1, 0.15) is 5.56 Å². The van der Waals surface area contributed by atoms with Gasteiger partial charge in [0.15, 0.2) is 0 Å². The summed E-state index contributed by atoms with van der Waals surface area (Å²) in [6.45, 7) is 2.19. The molecule has 0 heterocycles. The van der Waals surface area contributed by atoms with Crippen LogP contribution in [0.15, 0.2) is 152 Å². The molecule has 0 aliphatic carbocycles. The largest absolute Gasteiger partial charge is 0.0616 e. The minimum Gasteiger partial charge on any atom is -0.0616 e. The van der Waals surface area contributed by atoms with E-state index in [0.717, 1.165) is 0 Å². The predicted molar refractivity (Wildman–Crippen MR) is 178 cm³/mol. The van der Waals surface area contributed by atoms with Crippen molar-refractivity contribution < 1.29 is 0 Å². The highest BCUT2D eigenvalue weighted by Gasteiger charge is 2.19. The maximum absolute atomic E-state index is 2.38. The average molecular weight is 521 g/mol. The van der Waals surface area contributed by atoms with E-state index in [2.05, 4.69) is 159 Å². The minimum absolute atomic E-state index is 1.25. The summed E-state index contributed by atoms with van der Waals surface area (Å²) in [5.41, 5.74) is 8.89. The van der Waals surface area contributed by atoms with E-state index in [9.17, 15) is 0 Å². The zero-order valence-corrected chi connectivity index (χ0v) is 22.9. The van der Waals surface area contributed by atoms with E-state index in [-0.39, 0.29) is 0 Å². The molecule has 8 aromatic carbocycles. The fourth-order valence-electron chi connectivity index (χ4n) is 6.69. The number of fused-ring (bicyclic) bond motifs is 4. The van der Waals surface area contributed by atoms with Gasteiger partial charge in [-0.1, -0.05) is 151 Å². The Bertz CT molecular complexity index is 2120. The van der Waals surface area contributed by atoms with Gasteiger partial charge in [-0.3, -0.25) is 0 Å². The van der Waals surface area contributed by atoms with Gasteiger partial charge in [0, 0.05) is 0 Å². The molecule has 0 bridgehead atoms. The number of aryl methyl sites for hydroxylation is 1. The van der Waals surface area contributed by atoms with Crippen LogP contribution in [-0.4, -0.2) is 0 Å². The Kier molecular flexibility index (Phi) is 5.47. The van der Waals surface area contributed by atoms with Gasteiger partial charge in [-0.25, -0.2) is 0 Å². The lowest BCUT2D eigenvalue weighted by atomic mass is 9.83. The Labute approximate surface area is 240 Å². The van der Waals surface area contributed by atoms with E-state index >= 15 is 0 Å². The van der Waals surface area contributed by atoms with E-state index in [0.29, 0.717) is 0 Å². The van der Waals surface area contributed by atoms with Crippen LogP contribution < -0.4 is 0 Å². The fraction of sp³-hybridized carbons (Fsp3) is 0.0244. The van der Waals surface area contributed by atoms with Crippen LogP contribution in [0.4, 0.5) is 0 Å². The average Bonchev–Trinajstić information content (AvgIpc) is 3.02. The second-order valence-electron chi connectivity index (χ2n) is 11.0. The Balaban J connectivity index is 1.59. The van der Waals surface area contributed by atoms with Gasteiger partial charge < -0.3 is 0 Å². The quantitative estimate of drug-likeness (QED) is 0.203. The topological polar surface area (TPSA) is 0 Å². The first-order chi connectivity index (χ1) is 20.3. The van der Waals surface area contributed by atoms with Crippen molar-refractivity contribution in [2.75, 3.05) is 0 Å². The smallest absolute Gasteiger partial charge is 0.00142 e. The summed E-state index contributed by atoms with van der Waals surface area (Å²) >= 11 is 0. The van der Waals surface area contributed by atoms with Gasteiger partial charge in [0.2, 0.25) is 0 Å². The predicted octanol–water partition coefficient (Wildman–Crippen LogP) is 11.6. The lowest BCUT2D eigenvalue weighted by Crippen LogP contribution is -1.93. The summed E-state index contributed by atoms with van der Waals surface area (Å²) in [6, 6.07) is 55.7. The number of hydrogen-bond acceptors (Lipinski definition) is 0. The van der Waals surface area contributed by atoms with Gasteiger partial charge in [0.25, 0.3) is 0 Å². The molecule has 8 rings (SSSR count). The summed E-state index contributed by atoms with van der Waals surface area (Å²) < 4.78 is 0. The molecule has 192 valence electrons. The molecular weight excluding hydrogens is 492 g/mol. The van der Waals surface area contributed by atoms with Gasteiger partial charge in [0.05, 0.1) is 0 Å². The highest BCUT2D eigenvalue weighted by Crippen LogP contribution is 2.46. The Hall–Kier alpha value is -5.20. The first-order valence-electron chi connectivity index (χ1n) is 14.3. The first-order valence-corrected chi connectivity index (χ1v) is 14.3. The van der Waals surface area contributed by atoms with Crippen LogP contribution in [0, 0.1) is 6.92 Å². The van der Waals surface area contributed by atoms with Crippen molar-refractivity contribution in [2.24, 2.45) is 0 Å². The zero-order chi connectivity index (χ0) is 27.3. The highest BCUT2D eigenvalue weighted by molar-refractivity contribution is 6.23. The minimum atomic E-state index is 1.25. The summed E-state index contributed by atoms with van der Waals surface area (Å²) in [4.78, 5) is 0. The highest BCUT2D eigenvalue weighted by atomic mass is 14.2. The van der Waals surface area contributed by atoms with Crippen molar-refractivity contribution in [3.63, 3.8) is 0 Å². The molecule has 41 heavy (non-hydrogen) atoms. The van der Waals surface area contributed by atoms with Gasteiger partial charge >= 0.3 is 0 Å². The van der Waals surface area contributed by atoms with Crippen molar-refractivity contribution >= 4 is 43.1 Å². The van der Waals surface area contributed by atoms with E-state index in [4.69, 9.17) is 0 Å². The zero-order valence-electron chi connectivity index (χ0n) is 22.9. The van der Waals surface area contributed by atoms with Crippen molar-refractivity contribution in [1.29, 1.82) is 0 Å². The van der Waals surface area contributed by atoms with E-state index in [1.54, 1.807) is 0 Å². The summed E-state index contributed by atoms with van der Waals surface area (Å²) in [7, 11) is 0. The van der Waals surface area contributed by atoms with Crippen molar-refractivity contribution in [2.45, 2.75) is 6.92 Å². The molecule has 0 N–H and O–H groups in total. The van der Waals surface area contributed by atoms with Gasteiger partial charge in [-0.05, 0) is 89.5 Å². The lowest BCUT2D eigenvalue weighted by molar-refractivity contribution is 1.47. The lowest BCUT2D eigenvalue weighted by Gasteiger charge is -2.20. The van der Waals surface area contributed by atoms with Gasteiger partial charge in [-0.15, -0.1) is 0 Å². The Morgan fingerprint density at radius 1 is 0.341 bits per heavy atom. The first kappa shape index (κ1) is 23.7. The van der Waals surface area contributed by atoms with Gasteiger partial charge in [-0.2, -0.15) is 0 Å². The second-order valence-corrected chi connectivity index (χ2v) is 11.0. The van der Waals surface area contributed by atoms with Crippen LogP contribution >= 0.6 is 0 Å². The van der Waals surface area contributed by atoms with Crippen LogP contribution in [-0.2, 0) is 0 Å². The summed E-state index contributed by atoms with van der Waals surface area (Å²) in [5.74, 6) is 0. The molecule has 0 amide bonds.